The summed E-state index contributed by atoms with van der Waals surface area (Å²) in [6, 6.07) is 7.25. The number of aromatic nitrogens is 1. The average molecular weight is 292 g/mol. The number of hydrogen-bond donors (Lipinski definition) is 2. The van der Waals surface area contributed by atoms with E-state index in [0.717, 1.165) is 10.6 Å². The van der Waals surface area contributed by atoms with Gasteiger partial charge in [0.15, 0.2) is 0 Å². The summed E-state index contributed by atoms with van der Waals surface area (Å²) in [5.41, 5.74) is 1.52. The number of hydrogen-bond acceptors (Lipinski definition) is 5. The molecular formula is C13H12N2O4S. The van der Waals surface area contributed by atoms with Crippen LogP contribution in [0.15, 0.2) is 35.8 Å². The molecule has 0 radical (unpaired) electrons. The summed E-state index contributed by atoms with van der Waals surface area (Å²) in [5, 5.41) is 13.8. The molecule has 104 valence electrons. The van der Waals surface area contributed by atoms with E-state index in [4.69, 9.17) is 9.84 Å². The highest BCUT2D eigenvalue weighted by Gasteiger charge is 2.06. The first-order valence-electron chi connectivity index (χ1n) is 5.74. The number of carboxylic acids is 1. The number of nitrogens with zero attached hydrogens (tertiary/aromatic N) is 1. The molecule has 0 atom stereocenters. The smallest absolute Gasteiger partial charge is 0.329 e. The number of amides is 1. The van der Waals surface area contributed by atoms with Gasteiger partial charge in [0.25, 0.3) is 0 Å². The maximum absolute atomic E-state index is 11.5. The number of benzene rings is 1. The third kappa shape index (κ3) is 4.15. The van der Waals surface area contributed by atoms with Crippen molar-refractivity contribution >= 4 is 28.9 Å². The van der Waals surface area contributed by atoms with Crippen LogP contribution in [0.4, 0.5) is 5.69 Å². The minimum absolute atomic E-state index is 0.298. The van der Waals surface area contributed by atoms with E-state index in [1.54, 1.807) is 18.3 Å². The molecule has 1 aromatic carbocycles. The summed E-state index contributed by atoms with van der Waals surface area (Å²) in [6.45, 7) is -0.791. The summed E-state index contributed by atoms with van der Waals surface area (Å²) in [7, 11) is 0. The molecule has 6 nitrogen and oxygen atoms in total. The molecule has 1 amide bonds. The number of anilines is 1. The van der Waals surface area contributed by atoms with E-state index in [0.29, 0.717) is 5.69 Å². The third-order valence-electron chi connectivity index (χ3n) is 2.28. The van der Waals surface area contributed by atoms with Crippen LogP contribution in [-0.2, 0) is 14.3 Å². The molecule has 0 fully saturated rings. The van der Waals surface area contributed by atoms with Crippen molar-refractivity contribution in [3.05, 3.63) is 35.8 Å². The Kier molecular flexibility index (Phi) is 4.80. The number of aliphatic carboxylic acids is 1. The first kappa shape index (κ1) is 14.2. The van der Waals surface area contributed by atoms with Crippen molar-refractivity contribution in [3.63, 3.8) is 0 Å². The second-order valence-electron chi connectivity index (χ2n) is 3.85. The quantitative estimate of drug-likeness (QED) is 0.848. The Morgan fingerprint density at radius 2 is 2.20 bits per heavy atom. The van der Waals surface area contributed by atoms with Crippen LogP contribution in [0.1, 0.15) is 0 Å². The lowest BCUT2D eigenvalue weighted by molar-refractivity contribution is -0.143. The zero-order chi connectivity index (χ0) is 14.4. The summed E-state index contributed by atoms with van der Waals surface area (Å²) >= 11 is 1.51. The van der Waals surface area contributed by atoms with Crippen LogP contribution >= 0.6 is 11.3 Å². The number of rotatable bonds is 6. The Balaban J connectivity index is 1.94. The minimum atomic E-state index is -1.11. The fourth-order valence-corrected chi connectivity index (χ4v) is 2.16. The lowest BCUT2D eigenvalue weighted by atomic mass is 10.2. The van der Waals surface area contributed by atoms with E-state index in [1.165, 1.54) is 11.3 Å². The first-order chi connectivity index (χ1) is 9.65. The molecule has 20 heavy (non-hydrogen) atoms. The predicted octanol–water partition coefficient (Wildman–Crippen LogP) is 1.85. The molecule has 0 aliphatic rings. The fourth-order valence-electron chi connectivity index (χ4n) is 1.52. The van der Waals surface area contributed by atoms with Gasteiger partial charge < -0.3 is 15.2 Å². The van der Waals surface area contributed by atoms with Gasteiger partial charge in [-0.3, -0.25) is 4.79 Å². The summed E-state index contributed by atoms with van der Waals surface area (Å²) in [6.07, 6.45) is 1.71. The third-order valence-corrected chi connectivity index (χ3v) is 3.11. The van der Waals surface area contributed by atoms with E-state index in [1.807, 2.05) is 17.5 Å². The Morgan fingerprint density at radius 1 is 1.35 bits per heavy atom. The molecule has 0 saturated carbocycles. The number of carboxylic acid groups (broad SMARTS) is 1. The van der Waals surface area contributed by atoms with Crippen molar-refractivity contribution in [2.45, 2.75) is 0 Å². The monoisotopic (exact) mass is 292 g/mol. The van der Waals surface area contributed by atoms with Crippen LogP contribution in [-0.4, -0.2) is 35.2 Å². The summed E-state index contributed by atoms with van der Waals surface area (Å²) in [5.74, 6) is -1.51. The normalized spacial score (nSPS) is 10.2. The summed E-state index contributed by atoms with van der Waals surface area (Å²) < 4.78 is 4.71. The van der Waals surface area contributed by atoms with Gasteiger partial charge in [0.05, 0.1) is 0 Å². The molecule has 1 heterocycles. The maximum Gasteiger partial charge on any atom is 0.329 e. The Bertz CT molecular complexity index is 598. The predicted molar refractivity (Wildman–Crippen MR) is 74.6 cm³/mol. The van der Waals surface area contributed by atoms with Crippen molar-refractivity contribution in [2.24, 2.45) is 0 Å². The zero-order valence-corrected chi connectivity index (χ0v) is 11.2. The van der Waals surface area contributed by atoms with Crippen LogP contribution in [0.5, 0.6) is 0 Å². The molecule has 2 N–H and O–H groups in total. The molecule has 7 heteroatoms. The largest absolute Gasteiger partial charge is 0.480 e. The molecular weight excluding hydrogens is 280 g/mol. The van der Waals surface area contributed by atoms with E-state index in [-0.39, 0.29) is 6.61 Å². The number of nitrogens with one attached hydrogen (secondary N) is 1. The SMILES string of the molecule is O=C(O)COCC(=O)Nc1cccc(-c2nccs2)c1. The van der Waals surface area contributed by atoms with E-state index >= 15 is 0 Å². The van der Waals surface area contributed by atoms with Gasteiger partial charge in [-0.1, -0.05) is 12.1 Å². The highest BCUT2D eigenvalue weighted by atomic mass is 32.1. The van der Waals surface area contributed by atoms with Crippen molar-refractivity contribution in [1.82, 2.24) is 4.98 Å². The molecule has 2 aromatic rings. The average Bonchev–Trinajstić information content (AvgIpc) is 2.92. The van der Waals surface area contributed by atoms with Gasteiger partial charge >= 0.3 is 5.97 Å². The van der Waals surface area contributed by atoms with Crippen LogP contribution in [0, 0.1) is 0 Å². The molecule has 2 rings (SSSR count). The van der Waals surface area contributed by atoms with E-state index in [9.17, 15) is 9.59 Å². The van der Waals surface area contributed by atoms with Gasteiger partial charge in [-0.2, -0.15) is 0 Å². The number of carbonyl (C=O) groups is 2. The summed E-state index contributed by atoms with van der Waals surface area (Å²) in [4.78, 5) is 26.0. The molecule has 0 saturated heterocycles. The highest BCUT2D eigenvalue weighted by molar-refractivity contribution is 7.13. The number of thiazole rings is 1. The van der Waals surface area contributed by atoms with Crippen LogP contribution in [0.2, 0.25) is 0 Å². The Morgan fingerprint density at radius 3 is 2.90 bits per heavy atom. The molecule has 0 spiro atoms. The van der Waals surface area contributed by atoms with Crippen LogP contribution < -0.4 is 5.32 Å². The fraction of sp³-hybridized carbons (Fsp3) is 0.154. The maximum atomic E-state index is 11.5. The molecule has 0 aliphatic carbocycles. The lowest BCUT2D eigenvalue weighted by Crippen LogP contribution is -2.20. The molecule has 1 aromatic heterocycles. The zero-order valence-electron chi connectivity index (χ0n) is 10.4. The van der Waals surface area contributed by atoms with Crippen molar-refractivity contribution in [3.8, 4) is 10.6 Å². The number of ether oxygens (including phenoxy) is 1. The van der Waals surface area contributed by atoms with Gasteiger partial charge in [-0.25, -0.2) is 9.78 Å². The second kappa shape index (κ2) is 6.78. The number of carbonyl (C=O) groups excluding carboxylic acids is 1. The van der Waals surface area contributed by atoms with Gasteiger partial charge in [-0.05, 0) is 12.1 Å². The molecule has 0 unspecified atom stereocenters. The van der Waals surface area contributed by atoms with Gasteiger partial charge in [0.2, 0.25) is 5.91 Å². The lowest BCUT2D eigenvalue weighted by Gasteiger charge is -2.06. The van der Waals surface area contributed by atoms with E-state index < -0.39 is 18.5 Å². The second-order valence-corrected chi connectivity index (χ2v) is 4.75. The van der Waals surface area contributed by atoms with Crippen LogP contribution in [0.25, 0.3) is 10.6 Å². The standard InChI is InChI=1S/C13H12N2O4S/c16-11(7-19-8-12(17)18)15-10-3-1-2-9(6-10)13-14-4-5-20-13/h1-6H,7-8H2,(H,15,16)(H,17,18). The topological polar surface area (TPSA) is 88.5 Å². The highest BCUT2D eigenvalue weighted by Crippen LogP contribution is 2.24. The Hall–Kier alpha value is -2.25. The van der Waals surface area contributed by atoms with Gasteiger partial charge in [-0.15, -0.1) is 11.3 Å². The molecule has 0 bridgehead atoms. The van der Waals surface area contributed by atoms with Gasteiger partial charge in [0.1, 0.15) is 18.2 Å². The first-order valence-corrected chi connectivity index (χ1v) is 6.62. The molecule has 0 aliphatic heterocycles. The minimum Gasteiger partial charge on any atom is -0.480 e. The Labute approximate surface area is 119 Å². The van der Waals surface area contributed by atoms with Crippen molar-refractivity contribution in [2.75, 3.05) is 18.5 Å². The van der Waals surface area contributed by atoms with E-state index in [2.05, 4.69) is 10.3 Å². The van der Waals surface area contributed by atoms with Crippen molar-refractivity contribution in [1.29, 1.82) is 0 Å². The van der Waals surface area contributed by atoms with Crippen LogP contribution in [0.3, 0.4) is 0 Å². The van der Waals surface area contributed by atoms with Crippen molar-refractivity contribution < 1.29 is 19.4 Å². The van der Waals surface area contributed by atoms with Gasteiger partial charge in [0, 0.05) is 22.8 Å².